The van der Waals surface area contributed by atoms with Crippen molar-refractivity contribution in [2.75, 3.05) is 12.3 Å². The van der Waals surface area contributed by atoms with E-state index >= 15 is 0 Å². The molecule has 0 saturated carbocycles. The Bertz CT molecular complexity index is 1140. The molecule has 7 heteroatoms. The second-order valence-corrected chi connectivity index (χ2v) is 7.92. The fourth-order valence-corrected chi connectivity index (χ4v) is 3.97. The number of carbonyl (C=O) groups is 1. The Kier molecular flexibility index (Phi) is 5.90. The van der Waals surface area contributed by atoms with Gasteiger partial charge in [0, 0.05) is 12.6 Å². The molecule has 0 unspecified atom stereocenters. The summed E-state index contributed by atoms with van der Waals surface area (Å²) < 4.78 is 1.73. The number of nitrogens with one attached hydrogen (secondary N) is 1. The molecule has 3 heterocycles. The van der Waals surface area contributed by atoms with E-state index in [-0.39, 0.29) is 5.91 Å². The van der Waals surface area contributed by atoms with E-state index in [4.69, 9.17) is 5.73 Å². The van der Waals surface area contributed by atoms with E-state index in [2.05, 4.69) is 15.4 Å². The number of aromatic nitrogens is 3. The van der Waals surface area contributed by atoms with Gasteiger partial charge in [-0.2, -0.15) is 5.10 Å². The molecule has 1 amide bonds. The predicted molar refractivity (Wildman–Crippen MR) is 121 cm³/mol. The van der Waals surface area contributed by atoms with Gasteiger partial charge < -0.3 is 11.1 Å². The van der Waals surface area contributed by atoms with Crippen molar-refractivity contribution in [3.8, 4) is 16.3 Å². The van der Waals surface area contributed by atoms with Crippen LogP contribution < -0.4 is 11.1 Å². The monoisotopic (exact) mass is 417 g/mol. The molecule has 0 fully saturated rings. The van der Waals surface area contributed by atoms with Crippen molar-refractivity contribution in [1.82, 2.24) is 20.1 Å². The van der Waals surface area contributed by atoms with Gasteiger partial charge in [0.1, 0.15) is 5.82 Å². The fraction of sp³-hybridized carbons (Fsp3) is 0.174. The number of hydrogen-bond acceptors (Lipinski definition) is 5. The van der Waals surface area contributed by atoms with Gasteiger partial charge in [-0.25, -0.2) is 4.68 Å². The molecule has 0 spiro atoms. The summed E-state index contributed by atoms with van der Waals surface area (Å²) in [7, 11) is 0. The maximum atomic E-state index is 12.5. The largest absolute Gasteiger partial charge is 0.384 e. The number of rotatable bonds is 7. The van der Waals surface area contributed by atoms with Crippen LogP contribution in [0.2, 0.25) is 0 Å². The summed E-state index contributed by atoms with van der Waals surface area (Å²) in [5, 5.41) is 9.57. The number of hydrogen-bond donors (Lipinski definition) is 2. The Balaban J connectivity index is 1.31. The first-order valence-electron chi connectivity index (χ1n) is 9.81. The first kappa shape index (κ1) is 19.8. The minimum Gasteiger partial charge on any atom is -0.384 e. The number of nitrogens with two attached hydrogens (primary N) is 1. The smallest absolute Gasteiger partial charge is 0.253 e. The highest BCUT2D eigenvalue weighted by molar-refractivity contribution is 7.13. The number of carbonyl (C=O) groups excluding carboxylic acids is 1. The number of nitrogen functional groups attached to an aromatic ring is 1. The second-order valence-electron chi connectivity index (χ2n) is 6.97. The maximum absolute atomic E-state index is 12.5. The third-order valence-corrected chi connectivity index (χ3v) is 5.68. The molecule has 0 atom stereocenters. The lowest BCUT2D eigenvalue weighted by Gasteiger charge is -2.08. The lowest BCUT2D eigenvalue weighted by Crippen LogP contribution is -2.25. The van der Waals surface area contributed by atoms with Crippen molar-refractivity contribution < 1.29 is 4.79 Å². The zero-order valence-corrected chi connectivity index (χ0v) is 17.5. The van der Waals surface area contributed by atoms with Crippen molar-refractivity contribution >= 4 is 23.1 Å². The van der Waals surface area contributed by atoms with Crippen LogP contribution in [0.3, 0.4) is 0 Å². The quantitative estimate of drug-likeness (QED) is 0.440. The summed E-state index contributed by atoms with van der Waals surface area (Å²) in [5.74, 6) is 0.500. The molecule has 0 radical (unpaired) electrons. The van der Waals surface area contributed by atoms with Crippen LogP contribution in [0.15, 0.2) is 66.0 Å². The van der Waals surface area contributed by atoms with Gasteiger partial charge in [0.05, 0.1) is 33.2 Å². The zero-order chi connectivity index (χ0) is 20.9. The van der Waals surface area contributed by atoms with Gasteiger partial charge in [0.2, 0.25) is 0 Å². The maximum Gasteiger partial charge on any atom is 0.253 e. The molecule has 152 valence electrons. The molecule has 4 rings (SSSR count). The highest BCUT2D eigenvalue weighted by Crippen LogP contribution is 2.23. The van der Waals surface area contributed by atoms with E-state index in [1.54, 1.807) is 16.0 Å². The number of thiophene rings is 1. The van der Waals surface area contributed by atoms with Gasteiger partial charge in [0.25, 0.3) is 5.91 Å². The Morgan fingerprint density at radius 2 is 1.97 bits per heavy atom. The van der Waals surface area contributed by atoms with Crippen molar-refractivity contribution in [3.63, 3.8) is 0 Å². The molecule has 1 aromatic carbocycles. The van der Waals surface area contributed by atoms with Crippen molar-refractivity contribution in [3.05, 3.63) is 83.0 Å². The number of pyridine rings is 1. The highest BCUT2D eigenvalue weighted by atomic mass is 32.1. The van der Waals surface area contributed by atoms with E-state index in [1.807, 2.05) is 73.0 Å². The van der Waals surface area contributed by atoms with Crippen LogP contribution in [-0.2, 0) is 6.42 Å². The normalized spacial score (nSPS) is 10.8. The molecular formula is C23H23N5OS. The van der Waals surface area contributed by atoms with Crippen molar-refractivity contribution in [2.24, 2.45) is 0 Å². The lowest BCUT2D eigenvalue weighted by atomic mass is 10.1. The molecule has 6 nitrogen and oxygen atoms in total. The van der Waals surface area contributed by atoms with E-state index in [1.165, 1.54) is 0 Å². The average Bonchev–Trinajstić information content (AvgIpc) is 3.41. The molecular weight excluding hydrogens is 394 g/mol. The SMILES string of the molecule is Cc1nc(-c2cccs2)ccc1C(=O)NCCCc1cc(N)n(-c2ccccc2)n1. The first-order valence-corrected chi connectivity index (χ1v) is 10.7. The Morgan fingerprint density at radius 1 is 1.13 bits per heavy atom. The Hall–Kier alpha value is -3.45. The first-order chi connectivity index (χ1) is 14.6. The van der Waals surface area contributed by atoms with Crippen LogP contribution in [0, 0.1) is 6.92 Å². The van der Waals surface area contributed by atoms with Crippen LogP contribution in [0.25, 0.3) is 16.3 Å². The van der Waals surface area contributed by atoms with Gasteiger partial charge in [0.15, 0.2) is 0 Å². The van der Waals surface area contributed by atoms with Gasteiger partial charge in [-0.3, -0.25) is 9.78 Å². The van der Waals surface area contributed by atoms with Gasteiger partial charge in [-0.05, 0) is 55.5 Å². The summed E-state index contributed by atoms with van der Waals surface area (Å²) >= 11 is 1.64. The number of nitrogens with zero attached hydrogens (tertiary/aromatic N) is 3. The van der Waals surface area contributed by atoms with E-state index in [9.17, 15) is 4.79 Å². The third-order valence-electron chi connectivity index (χ3n) is 4.79. The molecule has 0 aliphatic rings. The Morgan fingerprint density at radius 3 is 2.70 bits per heavy atom. The zero-order valence-electron chi connectivity index (χ0n) is 16.7. The van der Waals surface area contributed by atoms with Crippen LogP contribution in [0.5, 0.6) is 0 Å². The molecule has 0 bridgehead atoms. The molecule has 0 aliphatic carbocycles. The number of amides is 1. The fourth-order valence-electron chi connectivity index (χ4n) is 3.27. The van der Waals surface area contributed by atoms with Crippen molar-refractivity contribution in [2.45, 2.75) is 19.8 Å². The van der Waals surface area contributed by atoms with E-state index < -0.39 is 0 Å². The van der Waals surface area contributed by atoms with Crippen molar-refractivity contribution in [1.29, 1.82) is 0 Å². The summed E-state index contributed by atoms with van der Waals surface area (Å²) in [5.41, 5.74) is 10.2. The number of anilines is 1. The second kappa shape index (κ2) is 8.92. The van der Waals surface area contributed by atoms with Crippen LogP contribution in [-0.4, -0.2) is 27.2 Å². The molecule has 30 heavy (non-hydrogen) atoms. The summed E-state index contributed by atoms with van der Waals surface area (Å²) in [4.78, 5) is 18.2. The van der Waals surface area contributed by atoms with Gasteiger partial charge in [-0.1, -0.05) is 24.3 Å². The lowest BCUT2D eigenvalue weighted by molar-refractivity contribution is 0.0952. The molecule has 0 saturated heterocycles. The summed E-state index contributed by atoms with van der Waals surface area (Å²) in [6, 6.07) is 19.4. The number of aryl methyl sites for hydroxylation is 2. The average molecular weight is 418 g/mol. The van der Waals surface area contributed by atoms with E-state index in [0.717, 1.165) is 40.5 Å². The predicted octanol–water partition coefficient (Wildman–Crippen LogP) is 4.25. The number of benzene rings is 1. The summed E-state index contributed by atoms with van der Waals surface area (Å²) in [6.45, 7) is 2.42. The third kappa shape index (κ3) is 4.41. The minimum atomic E-state index is -0.105. The van der Waals surface area contributed by atoms with E-state index in [0.29, 0.717) is 17.9 Å². The number of para-hydroxylation sites is 1. The molecule has 4 aromatic rings. The molecule has 3 N–H and O–H groups in total. The van der Waals surface area contributed by atoms with Gasteiger partial charge in [-0.15, -0.1) is 11.3 Å². The topological polar surface area (TPSA) is 85.8 Å². The molecule has 3 aromatic heterocycles. The summed E-state index contributed by atoms with van der Waals surface area (Å²) in [6.07, 6.45) is 1.51. The minimum absolute atomic E-state index is 0.105. The van der Waals surface area contributed by atoms with Crippen LogP contribution in [0.4, 0.5) is 5.82 Å². The standard InChI is InChI=1S/C23H23N5OS/c1-16-19(11-12-20(26-16)21-10-6-14-30-21)23(29)25-13-5-7-17-15-22(24)28(27-17)18-8-3-2-4-9-18/h2-4,6,8-12,14-15H,5,7,13,24H2,1H3,(H,25,29). The Labute approximate surface area is 179 Å². The highest BCUT2D eigenvalue weighted by Gasteiger charge is 2.12. The van der Waals surface area contributed by atoms with Crippen LogP contribution in [0.1, 0.15) is 28.2 Å². The van der Waals surface area contributed by atoms with Crippen LogP contribution >= 0.6 is 11.3 Å². The van der Waals surface area contributed by atoms with Gasteiger partial charge >= 0.3 is 0 Å². The molecule has 0 aliphatic heterocycles.